The average molecular weight is 325 g/mol. The van der Waals surface area contributed by atoms with Crippen LogP contribution in [0.4, 0.5) is 0 Å². The molecule has 1 N–H and O–H groups in total. The van der Waals surface area contributed by atoms with Crippen molar-refractivity contribution in [2.24, 2.45) is 0 Å². The highest BCUT2D eigenvalue weighted by atomic mass is 79.9. The van der Waals surface area contributed by atoms with Gasteiger partial charge in [0.05, 0.1) is 12.1 Å². The molecule has 0 saturated heterocycles. The van der Waals surface area contributed by atoms with Gasteiger partial charge in [0, 0.05) is 15.5 Å². The van der Waals surface area contributed by atoms with Crippen LogP contribution in [0.2, 0.25) is 0 Å². The normalized spacial score (nSPS) is 10.4. The Morgan fingerprint density at radius 3 is 2.83 bits per heavy atom. The lowest BCUT2D eigenvalue weighted by atomic mass is 10.1. The van der Waals surface area contributed by atoms with Crippen molar-refractivity contribution in [2.45, 2.75) is 20.4 Å². The number of halogens is 1. The van der Waals surface area contributed by atoms with Gasteiger partial charge in [-0.15, -0.1) is 11.3 Å². The number of carbonyl (C=O) groups is 1. The van der Waals surface area contributed by atoms with Crippen LogP contribution in [0, 0.1) is 13.8 Å². The minimum absolute atomic E-state index is 0.0882. The monoisotopic (exact) mass is 324 g/mol. The van der Waals surface area contributed by atoms with E-state index in [0.717, 1.165) is 20.7 Å². The smallest absolute Gasteiger partial charge is 0.252 e. The Morgan fingerprint density at radius 1 is 1.44 bits per heavy atom. The van der Waals surface area contributed by atoms with Gasteiger partial charge in [0.2, 0.25) is 0 Å². The van der Waals surface area contributed by atoms with E-state index in [-0.39, 0.29) is 5.91 Å². The highest BCUT2D eigenvalue weighted by molar-refractivity contribution is 9.10. The summed E-state index contributed by atoms with van der Waals surface area (Å²) in [6.07, 6.45) is 0. The van der Waals surface area contributed by atoms with Gasteiger partial charge in [-0.2, -0.15) is 0 Å². The van der Waals surface area contributed by atoms with Crippen LogP contribution in [-0.4, -0.2) is 10.9 Å². The lowest BCUT2D eigenvalue weighted by molar-refractivity contribution is 0.0950. The second kappa shape index (κ2) is 5.63. The number of nitrogens with zero attached hydrogens (tertiary/aromatic N) is 1. The van der Waals surface area contributed by atoms with Crippen molar-refractivity contribution in [3.8, 4) is 0 Å². The van der Waals surface area contributed by atoms with Crippen LogP contribution in [0.25, 0.3) is 0 Å². The molecular formula is C13H13BrN2OS. The van der Waals surface area contributed by atoms with Crippen molar-refractivity contribution in [3.05, 3.63) is 49.9 Å². The van der Waals surface area contributed by atoms with Crippen LogP contribution in [0.1, 0.15) is 26.6 Å². The summed E-state index contributed by atoms with van der Waals surface area (Å²) in [5.41, 5.74) is 2.75. The first-order valence-corrected chi connectivity index (χ1v) is 7.19. The van der Waals surface area contributed by atoms with Crippen LogP contribution in [-0.2, 0) is 6.54 Å². The molecule has 5 heteroatoms. The topological polar surface area (TPSA) is 42.0 Å². The molecule has 0 aliphatic carbocycles. The molecule has 2 rings (SSSR count). The largest absolute Gasteiger partial charge is 0.345 e. The maximum Gasteiger partial charge on any atom is 0.252 e. The molecule has 0 fully saturated rings. The molecule has 1 amide bonds. The van der Waals surface area contributed by atoms with Crippen molar-refractivity contribution in [3.63, 3.8) is 0 Å². The van der Waals surface area contributed by atoms with E-state index in [1.165, 1.54) is 0 Å². The van der Waals surface area contributed by atoms with E-state index in [1.54, 1.807) is 11.3 Å². The van der Waals surface area contributed by atoms with E-state index in [0.29, 0.717) is 12.1 Å². The molecule has 3 nitrogen and oxygen atoms in total. The molecule has 0 aliphatic heterocycles. The molecular weight excluding hydrogens is 312 g/mol. The molecule has 0 spiro atoms. The Hall–Kier alpha value is -1.20. The van der Waals surface area contributed by atoms with Crippen LogP contribution in [0.3, 0.4) is 0 Å². The van der Waals surface area contributed by atoms with Crippen LogP contribution in [0.5, 0.6) is 0 Å². The molecule has 94 valence electrons. The molecule has 0 radical (unpaired) electrons. The number of aromatic nitrogens is 1. The summed E-state index contributed by atoms with van der Waals surface area (Å²) in [7, 11) is 0. The fourth-order valence-electron chi connectivity index (χ4n) is 1.54. The SMILES string of the molecule is Cc1ccc(C(=O)NCc2nc(C)cs2)c(Br)c1. The number of thiazole rings is 1. The zero-order valence-corrected chi connectivity index (χ0v) is 12.6. The van der Waals surface area contributed by atoms with E-state index < -0.39 is 0 Å². The number of rotatable bonds is 3. The number of hydrogen-bond acceptors (Lipinski definition) is 3. The molecule has 18 heavy (non-hydrogen) atoms. The zero-order valence-electron chi connectivity index (χ0n) is 10.2. The molecule has 1 aromatic carbocycles. The summed E-state index contributed by atoms with van der Waals surface area (Å²) < 4.78 is 0.815. The summed E-state index contributed by atoms with van der Waals surface area (Å²) in [6.45, 7) is 4.40. The molecule has 1 heterocycles. The molecule has 0 saturated carbocycles. The third-order valence-corrected chi connectivity index (χ3v) is 4.06. The second-order valence-electron chi connectivity index (χ2n) is 4.05. The van der Waals surface area contributed by atoms with E-state index in [2.05, 4.69) is 26.2 Å². The van der Waals surface area contributed by atoms with Gasteiger partial charge in [0.25, 0.3) is 5.91 Å². The Morgan fingerprint density at radius 2 is 2.22 bits per heavy atom. The highest BCUT2D eigenvalue weighted by Crippen LogP contribution is 2.18. The van der Waals surface area contributed by atoms with Gasteiger partial charge in [-0.3, -0.25) is 4.79 Å². The summed E-state index contributed by atoms with van der Waals surface area (Å²) in [5, 5.41) is 5.76. The number of carbonyl (C=O) groups excluding carboxylic acids is 1. The molecule has 0 bridgehead atoms. The molecule has 2 aromatic rings. The van der Waals surface area contributed by atoms with Gasteiger partial charge in [-0.05, 0) is 47.5 Å². The Balaban J connectivity index is 2.03. The number of aryl methyl sites for hydroxylation is 2. The lowest BCUT2D eigenvalue weighted by Gasteiger charge is -2.06. The van der Waals surface area contributed by atoms with Crippen molar-refractivity contribution in [2.75, 3.05) is 0 Å². The average Bonchev–Trinajstić information content (AvgIpc) is 2.72. The van der Waals surface area contributed by atoms with Crippen LogP contribution < -0.4 is 5.32 Å². The molecule has 0 atom stereocenters. The fourth-order valence-corrected chi connectivity index (χ4v) is 2.92. The third-order valence-electron chi connectivity index (χ3n) is 2.44. The van der Waals surface area contributed by atoms with E-state index in [1.807, 2.05) is 37.4 Å². The standard InChI is InChI=1S/C13H13BrN2OS/c1-8-3-4-10(11(14)5-8)13(17)15-6-12-16-9(2)7-18-12/h3-5,7H,6H2,1-2H3,(H,15,17). The minimum Gasteiger partial charge on any atom is -0.345 e. The molecule has 1 aromatic heterocycles. The maximum atomic E-state index is 12.0. The van der Waals surface area contributed by atoms with Crippen molar-refractivity contribution in [1.29, 1.82) is 0 Å². The second-order valence-corrected chi connectivity index (χ2v) is 5.85. The van der Waals surface area contributed by atoms with E-state index in [9.17, 15) is 4.79 Å². The predicted octanol–water partition coefficient (Wildman–Crippen LogP) is 3.45. The number of nitrogens with one attached hydrogen (secondary N) is 1. The first-order chi connectivity index (χ1) is 8.56. The number of hydrogen-bond donors (Lipinski definition) is 1. The van der Waals surface area contributed by atoms with Gasteiger partial charge in [-0.25, -0.2) is 4.98 Å². The van der Waals surface area contributed by atoms with E-state index >= 15 is 0 Å². The Bertz CT molecular complexity index is 580. The Kier molecular flexibility index (Phi) is 4.14. The van der Waals surface area contributed by atoms with Crippen molar-refractivity contribution in [1.82, 2.24) is 10.3 Å². The van der Waals surface area contributed by atoms with Gasteiger partial charge >= 0.3 is 0 Å². The first kappa shape index (κ1) is 13.2. The zero-order chi connectivity index (χ0) is 13.1. The van der Waals surface area contributed by atoms with Crippen molar-refractivity contribution >= 4 is 33.2 Å². The van der Waals surface area contributed by atoms with Gasteiger partial charge in [-0.1, -0.05) is 6.07 Å². The maximum absolute atomic E-state index is 12.0. The van der Waals surface area contributed by atoms with E-state index in [4.69, 9.17) is 0 Å². The summed E-state index contributed by atoms with van der Waals surface area (Å²) in [6, 6.07) is 5.68. The minimum atomic E-state index is -0.0882. The lowest BCUT2D eigenvalue weighted by Crippen LogP contribution is -2.23. The predicted molar refractivity (Wildman–Crippen MR) is 76.9 cm³/mol. The first-order valence-electron chi connectivity index (χ1n) is 5.51. The highest BCUT2D eigenvalue weighted by Gasteiger charge is 2.10. The van der Waals surface area contributed by atoms with Crippen LogP contribution >= 0.6 is 27.3 Å². The third kappa shape index (κ3) is 3.17. The summed E-state index contributed by atoms with van der Waals surface area (Å²) in [5.74, 6) is -0.0882. The molecule has 0 aliphatic rings. The van der Waals surface area contributed by atoms with Gasteiger partial charge in [0.15, 0.2) is 0 Å². The summed E-state index contributed by atoms with van der Waals surface area (Å²) >= 11 is 4.96. The van der Waals surface area contributed by atoms with Crippen LogP contribution in [0.15, 0.2) is 28.1 Å². The number of amides is 1. The quantitative estimate of drug-likeness (QED) is 0.939. The van der Waals surface area contributed by atoms with Gasteiger partial charge < -0.3 is 5.32 Å². The van der Waals surface area contributed by atoms with Gasteiger partial charge in [0.1, 0.15) is 5.01 Å². The summed E-state index contributed by atoms with van der Waals surface area (Å²) in [4.78, 5) is 16.3. The fraction of sp³-hybridized carbons (Fsp3) is 0.231. The van der Waals surface area contributed by atoms with Crippen molar-refractivity contribution < 1.29 is 4.79 Å². The molecule has 0 unspecified atom stereocenters. The number of benzene rings is 1. The Labute approximate surface area is 118 Å².